The number of hydrogen-bond acceptors (Lipinski definition) is 5. The minimum absolute atomic E-state index is 0.0405. The summed E-state index contributed by atoms with van der Waals surface area (Å²) in [6.45, 7) is 7.99. The molecule has 1 aromatic heterocycles. The number of fused-ring (bicyclic) bond motifs is 1. The summed E-state index contributed by atoms with van der Waals surface area (Å²) in [5.74, 6) is -0.355. The number of nitrogens with one attached hydrogen (secondary N) is 2. The van der Waals surface area contributed by atoms with Crippen molar-refractivity contribution in [2.24, 2.45) is 11.3 Å². The number of anilines is 1. The summed E-state index contributed by atoms with van der Waals surface area (Å²) >= 11 is 1.55. The van der Waals surface area contributed by atoms with Crippen LogP contribution in [0.2, 0.25) is 0 Å². The van der Waals surface area contributed by atoms with E-state index in [2.05, 4.69) is 36.4 Å². The quantitative estimate of drug-likeness (QED) is 0.750. The van der Waals surface area contributed by atoms with Crippen molar-refractivity contribution in [3.05, 3.63) is 23.2 Å². The molecule has 2 heterocycles. The van der Waals surface area contributed by atoms with Crippen molar-refractivity contribution in [2.45, 2.75) is 52.5 Å². The summed E-state index contributed by atoms with van der Waals surface area (Å²) in [5.41, 5.74) is 0.578. The summed E-state index contributed by atoms with van der Waals surface area (Å²) in [5, 5.41) is 6.65. The van der Waals surface area contributed by atoms with E-state index in [1.807, 2.05) is 19.1 Å². The number of carbonyl (C=O) groups is 3. The molecule has 2 atom stereocenters. The molecule has 8 heteroatoms. The maximum Gasteiger partial charge on any atom is 0.325 e. The third kappa shape index (κ3) is 3.73. The predicted octanol–water partition coefficient (Wildman–Crippen LogP) is 3.68. The topological polar surface area (TPSA) is 91.4 Å². The molecule has 29 heavy (non-hydrogen) atoms. The smallest absolute Gasteiger partial charge is 0.324 e. The van der Waals surface area contributed by atoms with E-state index < -0.39 is 17.5 Å². The summed E-state index contributed by atoms with van der Waals surface area (Å²) in [6.07, 6.45) is 2.22. The number of amides is 4. The first kappa shape index (κ1) is 19.8. The van der Waals surface area contributed by atoms with Crippen molar-refractivity contribution in [3.8, 4) is 0 Å². The minimum atomic E-state index is -0.891. The van der Waals surface area contributed by atoms with Gasteiger partial charge in [0, 0.05) is 5.69 Å². The lowest BCUT2D eigenvalue weighted by molar-refractivity contribution is -0.136. The molecule has 1 saturated heterocycles. The zero-order valence-electron chi connectivity index (χ0n) is 17.2. The Bertz CT molecular complexity index is 1010. The normalized spacial score (nSPS) is 26.2. The van der Waals surface area contributed by atoms with Gasteiger partial charge in [-0.1, -0.05) is 20.8 Å². The van der Waals surface area contributed by atoms with E-state index in [-0.39, 0.29) is 17.9 Å². The molecular weight excluding hydrogens is 388 g/mol. The fourth-order valence-electron chi connectivity index (χ4n) is 5.11. The molecule has 4 amide bonds. The lowest BCUT2D eigenvalue weighted by atomic mass is 9.64. The summed E-state index contributed by atoms with van der Waals surface area (Å²) in [4.78, 5) is 43.7. The first-order valence-corrected chi connectivity index (χ1v) is 10.7. The molecule has 4 rings (SSSR count). The van der Waals surface area contributed by atoms with Crippen molar-refractivity contribution >= 4 is 45.1 Å². The van der Waals surface area contributed by atoms with Gasteiger partial charge in [-0.2, -0.15) is 0 Å². The van der Waals surface area contributed by atoms with Gasteiger partial charge in [-0.05, 0) is 55.7 Å². The number of nitrogens with zero attached hydrogens (tertiary/aromatic N) is 2. The Kier molecular flexibility index (Phi) is 4.64. The molecule has 1 saturated carbocycles. The molecule has 1 aromatic carbocycles. The molecule has 0 unspecified atom stereocenters. The van der Waals surface area contributed by atoms with Gasteiger partial charge in [0.2, 0.25) is 5.91 Å². The fourth-order valence-corrected chi connectivity index (χ4v) is 5.98. The molecule has 7 nitrogen and oxygen atoms in total. The summed E-state index contributed by atoms with van der Waals surface area (Å²) in [6, 6.07) is 5.00. The molecule has 2 N–H and O–H groups in total. The van der Waals surface area contributed by atoms with Gasteiger partial charge in [-0.15, -0.1) is 11.3 Å². The Morgan fingerprint density at radius 1 is 1.34 bits per heavy atom. The van der Waals surface area contributed by atoms with Crippen LogP contribution in [0.5, 0.6) is 0 Å². The number of imide groups is 1. The van der Waals surface area contributed by atoms with Crippen molar-refractivity contribution in [2.75, 3.05) is 11.9 Å². The van der Waals surface area contributed by atoms with Crippen LogP contribution in [-0.2, 0) is 9.59 Å². The van der Waals surface area contributed by atoms with Crippen LogP contribution in [0.1, 0.15) is 45.0 Å². The zero-order chi connectivity index (χ0) is 21.0. The molecule has 2 aromatic rings. The number of benzene rings is 1. The average Bonchev–Trinajstić information content (AvgIpc) is 3.04. The van der Waals surface area contributed by atoms with Gasteiger partial charge in [-0.25, -0.2) is 9.78 Å². The Morgan fingerprint density at radius 3 is 2.83 bits per heavy atom. The second kappa shape index (κ2) is 6.79. The predicted molar refractivity (Wildman–Crippen MR) is 113 cm³/mol. The highest BCUT2D eigenvalue weighted by molar-refractivity contribution is 7.18. The van der Waals surface area contributed by atoms with Gasteiger partial charge in [0.1, 0.15) is 12.1 Å². The van der Waals surface area contributed by atoms with Crippen molar-refractivity contribution in [1.82, 2.24) is 15.2 Å². The van der Waals surface area contributed by atoms with Gasteiger partial charge in [0.25, 0.3) is 5.91 Å². The Hall–Kier alpha value is -2.48. The number of aromatic nitrogens is 1. The maximum absolute atomic E-state index is 13.1. The number of carbonyl (C=O) groups excluding carboxylic acids is 3. The Morgan fingerprint density at radius 2 is 2.10 bits per heavy atom. The first-order valence-electron chi connectivity index (χ1n) is 9.88. The van der Waals surface area contributed by atoms with Crippen molar-refractivity contribution in [1.29, 1.82) is 0 Å². The number of urea groups is 1. The van der Waals surface area contributed by atoms with Gasteiger partial charge in [-0.3, -0.25) is 14.5 Å². The first-order chi connectivity index (χ1) is 13.6. The van der Waals surface area contributed by atoms with Crippen molar-refractivity contribution in [3.63, 3.8) is 0 Å². The molecule has 2 fully saturated rings. The maximum atomic E-state index is 13.1. The van der Waals surface area contributed by atoms with Crippen LogP contribution in [0.4, 0.5) is 10.5 Å². The van der Waals surface area contributed by atoms with Crippen LogP contribution in [0.15, 0.2) is 18.2 Å². The van der Waals surface area contributed by atoms with E-state index in [1.165, 1.54) is 0 Å². The van der Waals surface area contributed by atoms with Crippen LogP contribution in [0.3, 0.4) is 0 Å². The molecule has 154 valence electrons. The van der Waals surface area contributed by atoms with Gasteiger partial charge < -0.3 is 10.6 Å². The second-order valence-electron chi connectivity index (χ2n) is 9.22. The van der Waals surface area contributed by atoms with E-state index in [1.54, 1.807) is 17.4 Å². The van der Waals surface area contributed by atoms with E-state index in [0.29, 0.717) is 24.4 Å². The van der Waals surface area contributed by atoms with Crippen LogP contribution in [-0.4, -0.2) is 39.8 Å². The molecule has 1 aliphatic heterocycles. The number of thiazole rings is 1. The monoisotopic (exact) mass is 414 g/mol. The number of rotatable bonds is 3. The third-order valence-corrected chi connectivity index (χ3v) is 6.64. The average molecular weight is 415 g/mol. The minimum Gasteiger partial charge on any atom is -0.324 e. The van der Waals surface area contributed by atoms with E-state index in [4.69, 9.17) is 0 Å². The highest BCUT2D eigenvalue weighted by Crippen LogP contribution is 2.46. The Balaban J connectivity index is 1.47. The van der Waals surface area contributed by atoms with Gasteiger partial charge in [0.15, 0.2) is 0 Å². The molecule has 1 spiro atoms. The number of aryl methyl sites for hydroxylation is 1. The van der Waals surface area contributed by atoms with Crippen LogP contribution < -0.4 is 10.6 Å². The standard InChI is InChI=1S/C21H26N4O3S/c1-12-8-20(3,4)11-21(9-12)18(27)25(19(28)24-21)10-17(26)23-14-5-6-15-16(7-14)29-13(2)22-15/h5-7,12H,8-11H2,1-4H3,(H,23,26)(H,24,28)/t12-,21-/m1/s1. The van der Waals surface area contributed by atoms with E-state index in [9.17, 15) is 14.4 Å². The van der Waals surface area contributed by atoms with Gasteiger partial charge >= 0.3 is 6.03 Å². The zero-order valence-corrected chi connectivity index (χ0v) is 18.0. The fraction of sp³-hybridized carbons (Fsp3) is 0.524. The van der Waals surface area contributed by atoms with E-state index >= 15 is 0 Å². The lowest BCUT2D eigenvalue weighted by Crippen LogP contribution is -2.54. The highest BCUT2D eigenvalue weighted by Gasteiger charge is 2.56. The van der Waals surface area contributed by atoms with Crippen LogP contribution in [0, 0.1) is 18.3 Å². The lowest BCUT2D eigenvalue weighted by Gasteiger charge is -2.43. The molecule has 1 aliphatic carbocycles. The van der Waals surface area contributed by atoms with E-state index in [0.717, 1.165) is 26.5 Å². The number of hydrogen-bond donors (Lipinski definition) is 2. The summed E-state index contributed by atoms with van der Waals surface area (Å²) < 4.78 is 0.979. The SMILES string of the molecule is Cc1nc2ccc(NC(=O)CN3C(=O)N[C@@]4(C[C@H](C)CC(C)(C)C4)C3=O)cc2s1. The van der Waals surface area contributed by atoms with Crippen molar-refractivity contribution < 1.29 is 14.4 Å². The molecule has 0 bridgehead atoms. The largest absolute Gasteiger partial charge is 0.325 e. The molecular formula is C21H26N4O3S. The molecule has 2 aliphatic rings. The second-order valence-corrected chi connectivity index (χ2v) is 10.5. The van der Waals surface area contributed by atoms with Crippen LogP contribution >= 0.6 is 11.3 Å². The third-order valence-electron chi connectivity index (χ3n) is 5.71. The molecule has 0 radical (unpaired) electrons. The highest BCUT2D eigenvalue weighted by atomic mass is 32.1. The van der Waals surface area contributed by atoms with Gasteiger partial charge in [0.05, 0.1) is 15.2 Å². The Labute approximate surface area is 173 Å². The summed E-state index contributed by atoms with van der Waals surface area (Å²) in [7, 11) is 0. The van der Waals surface area contributed by atoms with Crippen LogP contribution in [0.25, 0.3) is 10.2 Å².